The Kier molecular flexibility index (Phi) is 7.96. The molecule has 0 saturated carbocycles. The lowest BCUT2D eigenvalue weighted by molar-refractivity contribution is -0.117. The third kappa shape index (κ3) is 5.70. The van der Waals surface area contributed by atoms with Gasteiger partial charge in [0.2, 0.25) is 12.0 Å². The number of carbonyl (C=O) groups excluding carboxylic acids is 2. The molecule has 0 bridgehead atoms. The SMILES string of the molecule is CC(C)NCc1ccc(-c2nn3c(c2C(=O)N[C@H]2N=C(c4ccccc4)c4cccc(F)c4NC2=O)OC(C)CC3)c(F)c1. The van der Waals surface area contributed by atoms with E-state index in [4.69, 9.17) is 4.74 Å². The van der Waals surface area contributed by atoms with Crippen LogP contribution in [0, 0.1) is 11.6 Å². The number of halogens is 2. The second-order valence-corrected chi connectivity index (χ2v) is 11.2. The van der Waals surface area contributed by atoms with E-state index in [1.165, 1.54) is 22.9 Å². The highest BCUT2D eigenvalue weighted by molar-refractivity contribution is 6.20. The second-order valence-electron chi connectivity index (χ2n) is 11.2. The first-order valence-electron chi connectivity index (χ1n) is 14.5. The zero-order chi connectivity index (χ0) is 31.0. The van der Waals surface area contributed by atoms with Gasteiger partial charge in [-0.1, -0.05) is 62.4 Å². The number of para-hydroxylation sites is 1. The molecule has 226 valence electrons. The van der Waals surface area contributed by atoms with Crippen LogP contribution in [0.4, 0.5) is 14.5 Å². The van der Waals surface area contributed by atoms with Crippen LogP contribution in [-0.2, 0) is 17.9 Å². The monoisotopic (exact) mass is 598 g/mol. The molecule has 6 rings (SSSR count). The van der Waals surface area contributed by atoms with Crippen molar-refractivity contribution in [3.05, 3.63) is 101 Å². The molecule has 2 atom stereocenters. The van der Waals surface area contributed by atoms with Crippen LogP contribution >= 0.6 is 0 Å². The lowest BCUT2D eigenvalue weighted by atomic mass is 10.0. The van der Waals surface area contributed by atoms with Gasteiger partial charge in [0.25, 0.3) is 11.8 Å². The molecule has 2 amide bonds. The zero-order valence-electron chi connectivity index (χ0n) is 24.5. The number of aliphatic imine (C=N–C) groups is 1. The van der Waals surface area contributed by atoms with Crippen LogP contribution in [0.2, 0.25) is 0 Å². The summed E-state index contributed by atoms with van der Waals surface area (Å²) in [7, 11) is 0. The van der Waals surface area contributed by atoms with Crippen molar-refractivity contribution in [2.75, 3.05) is 5.32 Å². The van der Waals surface area contributed by atoms with E-state index in [2.05, 4.69) is 26.0 Å². The Balaban J connectivity index is 1.40. The molecule has 2 aliphatic heterocycles. The smallest absolute Gasteiger partial charge is 0.269 e. The molecule has 1 aromatic heterocycles. The van der Waals surface area contributed by atoms with Crippen molar-refractivity contribution in [2.24, 2.45) is 4.99 Å². The van der Waals surface area contributed by atoms with Crippen LogP contribution in [0.5, 0.6) is 5.88 Å². The minimum Gasteiger partial charge on any atom is -0.474 e. The number of benzene rings is 3. The van der Waals surface area contributed by atoms with Crippen molar-refractivity contribution in [1.82, 2.24) is 20.4 Å². The fraction of sp³-hybridized carbons (Fsp3) is 0.273. The number of nitrogens with one attached hydrogen (secondary N) is 3. The van der Waals surface area contributed by atoms with E-state index in [1.54, 1.807) is 42.5 Å². The first kappa shape index (κ1) is 29.2. The van der Waals surface area contributed by atoms with E-state index >= 15 is 4.39 Å². The molecule has 44 heavy (non-hydrogen) atoms. The molecule has 0 spiro atoms. The van der Waals surface area contributed by atoms with Gasteiger partial charge in [0, 0.05) is 42.2 Å². The fourth-order valence-corrected chi connectivity index (χ4v) is 5.26. The number of benzodiazepines with no additional fused rings is 1. The highest BCUT2D eigenvalue weighted by atomic mass is 19.1. The number of fused-ring (bicyclic) bond motifs is 2. The average molecular weight is 599 g/mol. The molecular weight excluding hydrogens is 566 g/mol. The normalized spacial score (nSPS) is 17.6. The standard InChI is InChI=1S/C33H32F2N6O3/c1-18(2)36-17-20-12-13-22(25(35)16-20)29-26(33-41(40-29)15-14-19(3)44-33)31(42)39-30-32(43)38-28-23(10-7-11-24(28)34)27(37-30)21-8-5-4-6-9-21/h4-13,16,18-19,30,36H,14-15,17H2,1-3H3,(H,38,43)(H,39,42)/t19?,30-/m1/s1. The predicted molar refractivity (Wildman–Crippen MR) is 163 cm³/mol. The molecule has 0 saturated heterocycles. The quantitative estimate of drug-likeness (QED) is 0.276. The van der Waals surface area contributed by atoms with Crippen LogP contribution in [0.3, 0.4) is 0 Å². The van der Waals surface area contributed by atoms with E-state index < -0.39 is 29.6 Å². The molecule has 3 N–H and O–H groups in total. The molecule has 1 unspecified atom stereocenters. The molecule has 3 heterocycles. The summed E-state index contributed by atoms with van der Waals surface area (Å²) in [5.41, 5.74) is 2.22. The molecular formula is C33H32F2N6O3. The number of hydrogen-bond donors (Lipinski definition) is 3. The molecule has 11 heteroatoms. The van der Waals surface area contributed by atoms with Gasteiger partial charge in [0.15, 0.2) is 0 Å². The highest BCUT2D eigenvalue weighted by Gasteiger charge is 2.35. The maximum atomic E-state index is 15.6. The van der Waals surface area contributed by atoms with Crippen molar-refractivity contribution in [2.45, 2.75) is 58.6 Å². The molecule has 3 aromatic carbocycles. The number of hydrogen-bond acceptors (Lipinski definition) is 6. The summed E-state index contributed by atoms with van der Waals surface area (Å²) in [5, 5.41) is 13.1. The van der Waals surface area contributed by atoms with E-state index in [9.17, 15) is 14.0 Å². The van der Waals surface area contributed by atoms with Gasteiger partial charge in [-0.25, -0.2) is 18.5 Å². The second kappa shape index (κ2) is 12.0. The minimum absolute atomic E-state index is 0.0132. The molecule has 0 aliphatic carbocycles. The van der Waals surface area contributed by atoms with Gasteiger partial charge >= 0.3 is 0 Å². The van der Waals surface area contributed by atoms with Gasteiger partial charge in [0.1, 0.15) is 22.9 Å². The third-order valence-corrected chi connectivity index (χ3v) is 7.53. The van der Waals surface area contributed by atoms with Crippen molar-refractivity contribution in [1.29, 1.82) is 0 Å². The maximum absolute atomic E-state index is 15.6. The summed E-state index contributed by atoms with van der Waals surface area (Å²) in [4.78, 5) is 32.0. The van der Waals surface area contributed by atoms with Crippen molar-refractivity contribution < 1.29 is 23.1 Å². The molecule has 0 radical (unpaired) electrons. The van der Waals surface area contributed by atoms with Gasteiger partial charge in [-0.05, 0) is 30.7 Å². The summed E-state index contributed by atoms with van der Waals surface area (Å²) in [5.74, 6) is -2.47. The number of anilines is 1. The number of carbonyl (C=O) groups is 2. The Hall–Kier alpha value is -4.90. The van der Waals surface area contributed by atoms with Gasteiger partial charge in [0.05, 0.1) is 17.5 Å². The first-order chi connectivity index (χ1) is 21.2. The summed E-state index contributed by atoms with van der Waals surface area (Å²) in [6.45, 7) is 6.81. The van der Waals surface area contributed by atoms with Crippen LogP contribution in [-0.4, -0.2) is 45.6 Å². The Morgan fingerprint density at radius 1 is 1.07 bits per heavy atom. The maximum Gasteiger partial charge on any atom is 0.269 e. The van der Waals surface area contributed by atoms with E-state index in [-0.39, 0.29) is 40.5 Å². The van der Waals surface area contributed by atoms with E-state index in [0.29, 0.717) is 36.3 Å². The van der Waals surface area contributed by atoms with E-state index in [1.807, 2.05) is 26.8 Å². The number of ether oxygens (including phenoxy) is 1. The van der Waals surface area contributed by atoms with Crippen LogP contribution in [0.1, 0.15) is 54.2 Å². The van der Waals surface area contributed by atoms with Gasteiger partial charge < -0.3 is 20.7 Å². The Morgan fingerprint density at radius 2 is 1.86 bits per heavy atom. The Bertz CT molecular complexity index is 1770. The van der Waals surface area contributed by atoms with Crippen LogP contribution in [0.25, 0.3) is 11.3 Å². The average Bonchev–Trinajstić information content (AvgIpc) is 3.31. The van der Waals surface area contributed by atoms with Crippen LogP contribution in [0.15, 0.2) is 71.7 Å². The Labute approximate surface area is 253 Å². The predicted octanol–water partition coefficient (Wildman–Crippen LogP) is 5.04. The summed E-state index contributed by atoms with van der Waals surface area (Å²) in [6, 6.07) is 18.4. The third-order valence-electron chi connectivity index (χ3n) is 7.53. The van der Waals surface area contributed by atoms with Gasteiger partial charge in [-0.2, -0.15) is 5.10 Å². The summed E-state index contributed by atoms with van der Waals surface area (Å²) < 4.78 is 38.1. The first-order valence-corrected chi connectivity index (χ1v) is 14.5. The van der Waals surface area contributed by atoms with E-state index in [0.717, 1.165) is 5.56 Å². The van der Waals surface area contributed by atoms with Crippen molar-refractivity contribution in [3.8, 4) is 17.1 Å². The molecule has 0 fully saturated rings. The fourth-order valence-electron chi connectivity index (χ4n) is 5.26. The Morgan fingerprint density at radius 3 is 2.61 bits per heavy atom. The molecule has 4 aromatic rings. The number of aryl methyl sites for hydroxylation is 1. The summed E-state index contributed by atoms with van der Waals surface area (Å²) >= 11 is 0. The van der Waals surface area contributed by atoms with Gasteiger partial charge in [-0.15, -0.1) is 0 Å². The lowest BCUT2D eigenvalue weighted by Gasteiger charge is -2.22. The van der Waals surface area contributed by atoms with Crippen molar-refractivity contribution in [3.63, 3.8) is 0 Å². The molecule has 9 nitrogen and oxygen atoms in total. The number of amides is 2. The number of nitrogens with zero attached hydrogens (tertiary/aromatic N) is 3. The van der Waals surface area contributed by atoms with Crippen molar-refractivity contribution >= 4 is 23.2 Å². The highest BCUT2D eigenvalue weighted by Crippen LogP contribution is 2.36. The summed E-state index contributed by atoms with van der Waals surface area (Å²) in [6.07, 6.45) is -1.01. The minimum atomic E-state index is -1.44. The van der Waals surface area contributed by atoms with Gasteiger partial charge in [-0.3, -0.25) is 9.59 Å². The van der Waals surface area contributed by atoms with Crippen LogP contribution < -0.4 is 20.7 Å². The number of rotatable bonds is 7. The zero-order valence-corrected chi connectivity index (χ0v) is 24.5. The lowest BCUT2D eigenvalue weighted by Crippen LogP contribution is -2.42. The largest absolute Gasteiger partial charge is 0.474 e. The number of aromatic nitrogens is 2. The topological polar surface area (TPSA) is 110 Å². The molecule has 2 aliphatic rings.